The molecule has 2 N–H and O–H groups in total. The molecule has 1 aliphatic carbocycles. The number of fused-ring (bicyclic) bond motifs is 3. The first-order valence-corrected chi connectivity index (χ1v) is 9.10. The van der Waals surface area contributed by atoms with E-state index in [-0.39, 0.29) is 17.6 Å². The van der Waals surface area contributed by atoms with Gasteiger partial charge in [0.05, 0.1) is 0 Å². The first-order valence-electron chi connectivity index (χ1n) is 8.72. The number of aromatic amines is 1. The summed E-state index contributed by atoms with van der Waals surface area (Å²) in [6.07, 6.45) is 2.33. The maximum absolute atomic E-state index is 12.8. The van der Waals surface area contributed by atoms with Crippen LogP contribution in [0.2, 0.25) is 5.02 Å². The predicted octanol–water partition coefficient (Wildman–Crippen LogP) is 4.77. The van der Waals surface area contributed by atoms with Crippen LogP contribution in [0.3, 0.4) is 0 Å². The highest BCUT2D eigenvalue weighted by Gasteiger charge is 2.27. The molecule has 1 amide bonds. The van der Waals surface area contributed by atoms with Gasteiger partial charge in [0.15, 0.2) is 5.78 Å². The van der Waals surface area contributed by atoms with Crippen LogP contribution in [0.15, 0.2) is 42.5 Å². The van der Waals surface area contributed by atoms with Crippen molar-refractivity contribution in [3.8, 4) is 0 Å². The standard InChI is InChI=1S/C21H19ClN2O2/c1-12(25)13-3-2-4-16(9-13)23-21(26)14-5-7-19-17(10-14)18-11-15(22)6-8-20(18)24-19/h2-4,6,8-9,11,14,24H,5,7,10H2,1H3,(H,23,26). The van der Waals surface area contributed by atoms with Gasteiger partial charge in [-0.15, -0.1) is 0 Å². The SMILES string of the molecule is CC(=O)c1cccc(NC(=O)C2CCc3[nH]c4ccc(Cl)cc4c3C2)c1. The minimum Gasteiger partial charge on any atom is -0.358 e. The van der Waals surface area contributed by atoms with Crippen molar-refractivity contribution in [2.24, 2.45) is 5.92 Å². The van der Waals surface area contributed by atoms with Gasteiger partial charge in [0.1, 0.15) is 0 Å². The van der Waals surface area contributed by atoms with E-state index >= 15 is 0 Å². The van der Waals surface area contributed by atoms with E-state index in [1.165, 1.54) is 18.2 Å². The average Bonchev–Trinajstić information content (AvgIpc) is 2.99. The number of halogens is 1. The fourth-order valence-electron chi connectivity index (χ4n) is 3.67. The van der Waals surface area contributed by atoms with Crippen molar-refractivity contribution in [3.63, 3.8) is 0 Å². The third-order valence-corrected chi connectivity index (χ3v) is 5.29. The number of aryl methyl sites for hydroxylation is 1. The Labute approximate surface area is 156 Å². The summed E-state index contributed by atoms with van der Waals surface area (Å²) in [5.74, 6) is -0.117. The molecule has 0 radical (unpaired) electrons. The molecule has 0 saturated heterocycles. The van der Waals surface area contributed by atoms with Crippen molar-refractivity contribution in [2.45, 2.75) is 26.2 Å². The van der Waals surface area contributed by atoms with E-state index in [1.54, 1.807) is 18.2 Å². The number of H-pyrrole nitrogens is 1. The summed E-state index contributed by atoms with van der Waals surface area (Å²) in [6, 6.07) is 12.9. The van der Waals surface area contributed by atoms with E-state index in [1.807, 2.05) is 24.3 Å². The average molecular weight is 367 g/mol. The van der Waals surface area contributed by atoms with Crippen LogP contribution in [-0.2, 0) is 17.6 Å². The number of aromatic nitrogens is 1. The molecule has 1 aromatic heterocycles. The fraction of sp³-hybridized carbons (Fsp3) is 0.238. The molecule has 1 atom stereocenters. The second kappa shape index (κ2) is 6.61. The first kappa shape index (κ1) is 16.9. The van der Waals surface area contributed by atoms with Crippen LogP contribution in [-0.4, -0.2) is 16.7 Å². The zero-order chi connectivity index (χ0) is 18.3. The highest BCUT2D eigenvalue weighted by Crippen LogP contribution is 2.33. The lowest BCUT2D eigenvalue weighted by molar-refractivity contribution is -0.120. The Morgan fingerprint density at radius 3 is 2.85 bits per heavy atom. The Morgan fingerprint density at radius 1 is 1.19 bits per heavy atom. The molecular weight excluding hydrogens is 348 g/mol. The van der Waals surface area contributed by atoms with E-state index in [4.69, 9.17) is 11.6 Å². The van der Waals surface area contributed by atoms with Crippen molar-refractivity contribution in [3.05, 3.63) is 64.3 Å². The van der Waals surface area contributed by atoms with E-state index in [9.17, 15) is 9.59 Å². The minimum absolute atomic E-state index is 0.00673. The van der Waals surface area contributed by atoms with E-state index in [2.05, 4.69) is 10.3 Å². The Kier molecular flexibility index (Phi) is 4.29. The topological polar surface area (TPSA) is 62.0 Å². The van der Waals surface area contributed by atoms with Crippen LogP contribution in [0.1, 0.15) is 35.0 Å². The molecule has 0 fully saturated rings. The number of carbonyl (C=O) groups is 2. The van der Waals surface area contributed by atoms with E-state index in [0.717, 1.165) is 23.7 Å². The highest BCUT2D eigenvalue weighted by atomic mass is 35.5. The Hall–Kier alpha value is -2.59. The normalized spacial score (nSPS) is 16.3. The number of carbonyl (C=O) groups excluding carboxylic acids is 2. The third-order valence-electron chi connectivity index (χ3n) is 5.06. The van der Waals surface area contributed by atoms with Gasteiger partial charge in [-0.05, 0) is 62.1 Å². The molecule has 4 nitrogen and oxygen atoms in total. The van der Waals surface area contributed by atoms with Gasteiger partial charge in [-0.2, -0.15) is 0 Å². The monoisotopic (exact) mass is 366 g/mol. The van der Waals surface area contributed by atoms with Gasteiger partial charge >= 0.3 is 0 Å². The molecule has 1 heterocycles. The van der Waals surface area contributed by atoms with Crippen LogP contribution in [0, 0.1) is 5.92 Å². The summed E-state index contributed by atoms with van der Waals surface area (Å²) in [5, 5.41) is 4.76. The molecule has 0 bridgehead atoms. The second-order valence-corrected chi connectivity index (χ2v) is 7.27. The smallest absolute Gasteiger partial charge is 0.227 e. The maximum atomic E-state index is 12.8. The Morgan fingerprint density at radius 2 is 2.04 bits per heavy atom. The lowest BCUT2D eigenvalue weighted by Gasteiger charge is -2.22. The molecule has 5 heteroatoms. The number of hydrogen-bond donors (Lipinski definition) is 2. The number of anilines is 1. The molecule has 4 rings (SSSR count). The molecule has 132 valence electrons. The summed E-state index contributed by atoms with van der Waals surface area (Å²) >= 11 is 6.14. The zero-order valence-electron chi connectivity index (χ0n) is 14.4. The number of benzene rings is 2. The van der Waals surface area contributed by atoms with E-state index < -0.39 is 0 Å². The van der Waals surface area contributed by atoms with Gasteiger partial charge in [-0.1, -0.05) is 23.7 Å². The molecule has 0 spiro atoms. The summed E-state index contributed by atoms with van der Waals surface area (Å²) in [5.41, 5.74) is 4.71. The van der Waals surface area contributed by atoms with Crippen LogP contribution in [0.4, 0.5) is 5.69 Å². The van der Waals surface area contributed by atoms with Crippen LogP contribution < -0.4 is 5.32 Å². The van der Waals surface area contributed by atoms with Crippen molar-refractivity contribution in [2.75, 3.05) is 5.32 Å². The number of amides is 1. The zero-order valence-corrected chi connectivity index (χ0v) is 15.2. The van der Waals surface area contributed by atoms with Crippen molar-refractivity contribution < 1.29 is 9.59 Å². The molecular formula is C21H19ClN2O2. The molecule has 0 aliphatic heterocycles. The summed E-state index contributed by atoms with van der Waals surface area (Å²) in [6.45, 7) is 1.52. The van der Waals surface area contributed by atoms with E-state index in [0.29, 0.717) is 22.7 Å². The lowest BCUT2D eigenvalue weighted by Crippen LogP contribution is -2.28. The van der Waals surface area contributed by atoms with Gasteiger partial charge in [0.2, 0.25) is 5.91 Å². The fourth-order valence-corrected chi connectivity index (χ4v) is 3.85. The summed E-state index contributed by atoms with van der Waals surface area (Å²) in [4.78, 5) is 27.7. The predicted molar refractivity (Wildman–Crippen MR) is 104 cm³/mol. The summed E-state index contributed by atoms with van der Waals surface area (Å²) < 4.78 is 0. The van der Waals surface area contributed by atoms with Crippen LogP contribution >= 0.6 is 11.6 Å². The van der Waals surface area contributed by atoms with Crippen LogP contribution in [0.25, 0.3) is 10.9 Å². The number of hydrogen-bond acceptors (Lipinski definition) is 2. The lowest BCUT2D eigenvalue weighted by atomic mass is 9.85. The van der Waals surface area contributed by atoms with Crippen molar-refractivity contribution in [1.29, 1.82) is 0 Å². The second-order valence-electron chi connectivity index (χ2n) is 6.84. The molecule has 26 heavy (non-hydrogen) atoms. The highest BCUT2D eigenvalue weighted by molar-refractivity contribution is 6.31. The van der Waals surface area contributed by atoms with Gasteiger partial charge in [-0.3, -0.25) is 9.59 Å². The maximum Gasteiger partial charge on any atom is 0.227 e. The molecule has 2 aromatic carbocycles. The number of Topliss-reactive ketones (excluding diaryl/α,β-unsaturated/α-hetero) is 1. The Bertz CT molecular complexity index is 1020. The third kappa shape index (κ3) is 3.13. The number of rotatable bonds is 3. The van der Waals surface area contributed by atoms with Crippen LogP contribution in [0.5, 0.6) is 0 Å². The molecule has 1 unspecified atom stereocenters. The Balaban J connectivity index is 1.56. The quantitative estimate of drug-likeness (QED) is 0.656. The minimum atomic E-state index is -0.0959. The van der Waals surface area contributed by atoms with Crippen molar-refractivity contribution >= 4 is 39.9 Å². The van der Waals surface area contributed by atoms with Gasteiger partial charge < -0.3 is 10.3 Å². The molecule has 3 aromatic rings. The number of nitrogens with one attached hydrogen (secondary N) is 2. The van der Waals surface area contributed by atoms with Gasteiger partial charge in [0.25, 0.3) is 0 Å². The largest absolute Gasteiger partial charge is 0.358 e. The first-order chi connectivity index (χ1) is 12.5. The van der Waals surface area contributed by atoms with Crippen molar-refractivity contribution in [1.82, 2.24) is 4.98 Å². The molecule has 1 aliphatic rings. The molecule has 0 saturated carbocycles. The van der Waals surface area contributed by atoms with Gasteiger partial charge in [0, 0.05) is 38.8 Å². The van der Waals surface area contributed by atoms with Gasteiger partial charge in [-0.25, -0.2) is 0 Å². The summed E-state index contributed by atoms with van der Waals surface area (Å²) in [7, 11) is 0. The number of ketones is 1.